The Kier molecular flexibility index (Phi) is 8.07. The van der Waals surface area contributed by atoms with E-state index in [0.717, 1.165) is 52.0 Å². The summed E-state index contributed by atoms with van der Waals surface area (Å²) in [5.74, 6) is 6.44. The molecule has 1 aromatic heterocycles. The number of methoxy groups -OCH3 is 1. The van der Waals surface area contributed by atoms with Crippen LogP contribution in [-0.2, 0) is 14.3 Å². The van der Waals surface area contributed by atoms with Crippen LogP contribution in [-0.4, -0.2) is 36.8 Å². The smallest absolute Gasteiger partial charge is 0.344 e. The highest BCUT2D eigenvalue weighted by Gasteiger charge is 2.35. The third kappa shape index (κ3) is 5.30. The van der Waals surface area contributed by atoms with Gasteiger partial charge in [-0.1, -0.05) is 27.7 Å². The van der Waals surface area contributed by atoms with Gasteiger partial charge < -0.3 is 18.8 Å². The zero-order valence-electron chi connectivity index (χ0n) is 22.3. The molecule has 0 fully saturated rings. The molecule has 2 unspecified atom stereocenters. The lowest BCUT2D eigenvalue weighted by Gasteiger charge is -2.28. The molecule has 1 aliphatic carbocycles. The summed E-state index contributed by atoms with van der Waals surface area (Å²) in [6.45, 7) is 8.63. The van der Waals surface area contributed by atoms with E-state index < -0.39 is 5.97 Å². The van der Waals surface area contributed by atoms with E-state index in [1.165, 1.54) is 0 Å². The van der Waals surface area contributed by atoms with Crippen LogP contribution in [0.3, 0.4) is 0 Å². The number of rotatable bonds is 9. The van der Waals surface area contributed by atoms with E-state index >= 15 is 0 Å². The second-order valence-electron chi connectivity index (χ2n) is 9.98. The molecule has 0 aliphatic heterocycles. The number of nitrogens with one attached hydrogen (secondary N) is 1. The molecule has 0 radical (unpaired) electrons. The molecule has 198 valence electrons. The van der Waals surface area contributed by atoms with Crippen molar-refractivity contribution in [2.24, 2.45) is 5.84 Å². The van der Waals surface area contributed by atoms with Crippen molar-refractivity contribution in [2.75, 3.05) is 20.3 Å². The molecular formula is C29H37N3O5. The first-order valence-corrected chi connectivity index (χ1v) is 12.9. The molecule has 8 nitrogen and oxygen atoms in total. The summed E-state index contributed by atoms with van der Waals surface area (Å²) >= 11 is 0. The van der Waals surface area contributed by atoms with Crippen LogP contribution >= 0.6 is 0 Å². The van der Waals surface area contributed by atoms with Gasteiger partial charge in [-0.15, -0.1) is 0 Å². The Hall–Kier alpha value is -3.52. The number of carbonyl (C=O) groups excluding carboxylic acids is 2. The Morgan fingerprint density at radius 2 is 1.92 bits per heavy atom. The number of hydrazine groups is 1. The number of amides is 1. The van der Waals surface area contributed by atoms with Gasteiger partial charge in [0.05, 0.1) is 25.2 Å². The normalized spacial score (nSPS) is 16.9. The van der Waals surface area contributed by atoms with E-state index in [1.807, 2.05) is 31.2 Å². The third-order valence-electron chi connectivity index (χ3n) is 7.08. The molecule has 4 rings (SSSR count). The number of hydrogen-bond acceptors (Lipinski definition) is 6. The molecular weight excluding hydrogens is 470 g/mol. The second kappa shape index (κ2) is 11.3. The predicted molar refractivity (Wildman–Crippen MR) is 143 cm³/mol. The van der Waals surface area contributed by atoms with Crippen molar-refractivity contribution in [1.82, 2.24) is 9.99 Å². The van der Waals surface area contributed by atoms with Gasteiger partial charge in [-0.3, -0.25) is 10.2 Å². The number of fused-ring (bicyclic) bond motifs is 3. The highest BCUT2D eigenvalue weighted by atomic mass is 16.6. The highest BCUT2D eigenvalue weighted by molar-refractivity contribution is 5.96. The first-order valence-electron chi connectivity index (χ1n) is 12.9. The van der Waals surface area contributed by atoms with Crippen molar-refractivity contribution in [3.05, 3.63) is 53.2 Å². The fourth-order valence-corrected chi connectivity index (χ4v) is 5.18. The van der Waals surface area contributed by atoms with Crippen molar-refractivity contribution >= 4 is 22.8 Å². The van der Waals surface area contributed by atoms with Gasteiger partial charge in [-0.2, -0.15) is 0 Å². The average Bonchev–Trinajstić information content (AvgIpc) is 3.25. The van der Waals surface area contributed by atoms with Crippen molar-refractivity contribution in [2.45, 2.75) is 64.7 Å². The molecule has 1 heterocycles. The fraction of sp³-hybridized carbons (Fsp3) is 0.448. The fourth-order valence-electron chi connectivity index (χ4n) is 5.18. The number of aromatic nitrogens is 1. The van der Waals surface area contributed by atoms with Gasteiger partial charge in [0.25, 0.3) is 0 Å². The molecule has 3 N–H and O–H groups in total. The minimum atomic E-state index is -0.409. The number of carbonyl (C=O) groups is 2. The summed E-state index contributed by atoms with van der Waals surface area (Å²) in [5, 5.41) is 0.906. The average molecular weight is 508 g/mol. The van der Waals surface area contributed by atoms with Crippen LogP contribution in [0.2, 0.25) is 0 Å². The Labute approximate surface area is 218 Å². The van der Waals surface area contributed by atoms with E-state index in [9.17, 15) is 9.59 Å². The molecule has 0 bridgehead atoms. The standard InChI is InChI=1S/C29H37N3O5/c1-6-11-36-26(33)16-37-21-8-10-25-24(15-21)27-23(29(34)31-30)9-7-18(4)28(27)32(25)20-12-19(17(2)3)13-22(14-20)35-5/h8,10,12-15,17-18,23H,6-7,9,11,16,30H2,1-5H3,(H,31,34). The molecule has 37 heavy (non-hydrogen) atoms. The van der Waals surface area contributed by atoms with E-state index in [0.29, 0.717) is 24.7 Å². The van der Waals surface area contributed by atoms with Crippen LogP contribution < -0.4 is 20.7 Å². The SMILES string of the molecule is CCCOC(=O)COc1ccc2c(c1)c1c(n2-c2cc(OC)cc(C(C)C)c2)C(C)CCC1C(=O)NN. The largest absolute Gasteiger partial charge is 0.497 e. The topological polar surface area (TPSA) is 105 Å². The molecule has 0 saturated carbocycles. The second-order valence-corrected chi connectivity index (χ2v) is 9.98. The molecule has 1 amide bonds. The molecule has 3 aromatic rings. The van der Waals surface area contributed by atoms with Crippen LogP contribution in [0.4, 0.5) is 0 Å². The molecule has 2 atom stereocenters. The van der Waals surface area contributed by atoms with E-state index in [1.54, 1.807) is 7.11 Å². The molecule has 0 saturated heterocycles. The van der Waals surface area contributed by atoms with E-state index in [4.69, 9.17) is 20.1 Å². The summed E-state index contributed by atoms with van der Waals surface area (Å²) in [4.78, 5) is 24.9. The van der Waals surface area contributed by atoms with Crippen LogP contribution in [0.15, 0.2) is 36.4 Å². The first kappa shape index (κ1) is 26.5. The molecule has 2 aromatic carbocycles. The monoisotopic (exact) mass is 507 g/mol. The Balaban J connectivity index is 1.91. The summed E-state index contributed by atoms with van der Waals surface area (Å²) < 4.78 is 18.8. The van der Waals surface area contributed by atoms with Gasteiger partial charge in [-0.05, 0) is 72.6 Å². The lowest BCUT2D eigenvalue weighted by Crippen LogP contribution is -2.36. The van der Waals surface area contributed by atoms with Crippen LogP contribution in [0, 0.1) is 0 Å². The summed E-state index contributed by atoms with van der Waals surface area (Å²) in [6, 6.07) is 12.0. The number of nitrogens with zero attached hydrogens (tertiary/aromatic N) is 1. The predicted octanol–water partition coefficient (Wildman–Crippen LogP) is 5.07. The minimum absolute atomic E-state index is 0.175. The quantitative estimate of drug-likeness (QED) is 0.181. The van der Waals surface area contributed by atoms with Crippen molar-refractivity contribution < 1.29 is 23.8 Å². The maximum absolute atomic E-state index is 12.9. The Morgan fingerprint density at radius 3 is 2.59 bits per heavy atom. The first-order chi connectivity index (χ1) is 17.8. The number of nitrogens with two attached hydrogens (primary N) is 1. The van der Waals surface area contributed by atoms with Crippen molar-refractivity contribution in [3.8, 4) is 17.2 Å². The van der Waals surface area contributed by atoms with Gasteiger partial charge in [0.2, 0.25) is 5.91 Å². The number of hydrogen-bond donors (Lipinski definition) is 2. The zero-order chi connectivity index (χ0) is 26.7. The van der Waals surface area contributed by atoms with Gasteiger partial charge >= 0.3 is 5.97 Å². The third-order valence-corrected chi connectivity index (χ3v) is 7.08. The van der Waals surface area contributed by atoms with Crippen molar-refractivity contribution in [3.63, 3.8) is 0 Å². The maximum Gasteiger partial charge on any atom is 0.344 e. The highest BCUT2D eigenvalue weighted by Crippen LogP contribution is 2.47. The summed E-state index contributed by atoms with van der Waals surface area (Å²) in [7, 11) is 1.67. The van der Waals surface area contributed by atoms with E-state index in [2.05, 4.69) is 42.9 Å². The van der Waals surface area contributed by atoms with Crippen LogP contribution in [0.5, 0.6) is 11.5 Å². The van der Waals surface area contributed by atoms with Gasteiger partial charge in [-0.25, -0.2) is 10.6 Å². The minimum Gasteiger partial charge on any atom is -0.497 e. The number of benzene rings is 2. The van der Waals surface area contributed by atoms with Gasteiger partial charge in [0, 0.05) is 22.8 Å². The Bertz CT molecular complexity index is 1300. The molecule has 0 spiro atoms. The van der Waals surface area contributed by atoms with Gasteiger partial charge in [0.15, 0.2) is 6.61 Å². The van der Waals surface area contributed by atoms with Gasteiger partial charge in [0.1, 0.15) is 11.5 Å². The summed E-state index contributed by atoms with van der Waals surface area (Å²) in [6.07, 6.45) is 2.30. The summed E-state index contributed by atoms with van der Waals surface area (Å²) in [5.41, 5.74) is 7.49. The lowest BCUT2D eigenvalue weighted by molar-refractivity contribution is -0.146. The number of ether oxygens (including phenoxy) is 3. The number of esters is 1. The van der Waals surface area contributed by atoms with Crippen LogP contribution in [0.25, 0.3) is 16.6 Å². The Morgan fingerprint density at radius 1 is 1.14 bits per heavy atom. The van der Waals surface area contributed by atoms with Crippen molar-refractivity contribution in [1.29, 1.82) is 0 Å². The lowest BCUT2D eigenvalue weighted by atomic mass is 9.79. The molecule has 1 aliphatic rings. The maximum atomic E-state index is 12.9. The zero-order valence-corrected chi connectivity index (χ0v) is 22.3. The van der Waals surface area contributed by atoms with E-state index in [-0.39, 0.29) is 24.3 Å². The van der Waals surface area contributed by atoms with Crippen LogP contribution in [0.1, 0.15) is 81.5 Å². The molecule has 8 heteroatoms.